The molecule has 2 amide bonds. The lowest BCUT2D eigenvalue weighted by Gasteiger charge is -2.38. The maximum atomic E-state index is 12.1. The van der Waals surface area contributed by atoms with Crippen LogP contribution in [0.3, 0.4) is 0 Å². The van der Waals surface area contributed by atoms with Gasteiger partial charge in [-0.1, -0.05) is 23.3 Å². The highest BCUT2D eigenvalue weighted by Crippen LogP contribution is 2.28. The molecule has 2 N–H and O–H groups in total. The van der Waals surface area contributed by atoms with Gasteiger partial charge in [0.05, 0.1) is 6.54 Å². The molecule has 1 aliphatic heterocycles. The molecule has 0 unspecified atom stereocenters. The molecular weight excluding hydrogens is 385 g/mol. The van der Waals surface area contributed by atoms with Crippen LogP contribution in [0.1, 0.15) is 39.5 Å². The molecule has 150 valence electrons. The lowest BCUT2D eigenvalue weighted by atomic mass is 10.1. The number of pyridine rings is 1. The third kappa shape index (κ3) is 8.53. The topological polar surface area (TPSA) is 74.3 Å². The Morgan fingerprint density at radius 1 is 1.15 bits per heavy atom. The van der Waals surface area contributed by atoms with E-state index in [1.807, 2.05) is 18.2 Å². The molecule has 0 bridgehead atoms. The van der Waals surface area contributed by atoms with Crippen molar-refractivity contribution in [2.75, 3.05) is 25.4 Å². The van der Waals surface area contributed by atoms with E-state index in [2.05, 4.69) is 34.4 Å². The second-order valence-electron chi connectivity index (χ2n) is 6.82. The number of carbonyl (C=O) groups excluding carboxylic acids is 2. The SMILES string of the molecule is [13CH3][C@@H]1CCC[C@H]([13CH3])N1[13CH2][13C](=O)[15NH]CCC(=O)NCCSSc1ccccn1. The Kier molecular flexibility index (Phi) is 10.0. The molecule has 0 spiro atoms. The number of carbonyl (C=O) groups is 2. The molecule has 2 rings (SSSR count). The first-order valence-corrected chi connectivity index (χ1v) is 11.9. The van der Waals surface area contributed by atoms with Gasteiger partial charge in [0.1, 0.15) is 5.03 Å². The van der Waals surface area contributed by atoms with E-state index < -0.39 is 0 Å². The number of nitrogens with zero attached hydrogens (tertiary/aromatic N) is 2. The Bertz CT molecular complexity index is 578. The minimum Gasteiger partial charge on any atom is -0.355 e. The van der Waals surface area contributed by atoms with Crippen LogP contribution in [0.25, 0.3) is 0 Å². The Morgan fingerprint density at radius 2 is 1.89 bits per heavy atom. The summed E-state index contributed by atoms with van der Waals surface area (Å²) in [6.45, 7) is 5.78. The number of nitrogens with one attached hydrogen (secondary N) is 2. The fourth-order valence-corrected chi connectivity index (χ4v) is 4.93. The zero-order chi connectivity index (χ0) is 19.5. The average molecular weight is 416 g/mol. The predicted octanol–water partition coefficient (Wildman–Crippen LogP) is 2.71. The van der Waals surface area contributed by atoms with Gasteiger partial charge in [0.2, 0.25) is 11.8 Å². The molecule has 0 radical (unpaired) electrons. The van der Waals surface area contributed by atoms with Crippen molar-refractivity contribution in [1.82, 2.24) is 20.5 Å². The van der Waals surface area contributed by atoms with Crippen LogP contribution in [0.5, 0.6) is 0 Å². The van der Waals surface area contributed by atoms with Gasteiger partial charge in [-0.3, -0.25) is 14.5 Å². The lowest BCUT2D eigenvalue weighted by molar-refractivity contribution is -0.124. The lowest BCUT2D eigenvalue weighted by Crippen LogP contribution is -2.49. The molecule has 8 heteroatoms. The van der Waals surface area contributed by atoms with Gasteiger partial charge in [0.15, 0.2) is 0 Å². The molecule has 27 heavy (non-hydrogen) atoms. The molecule has 1 saturated heterocycles. The number of hydrogen-bond donors (Lipinski definition) is 2. The summed E-state index contributed by atoms with van der Waals surface area (Å²) in [6.07, 6.45) is 5.62. The summed E-state index contributed by atoms with van der Waals surface area (Å²) in [5.74, 6) is 0.786. The second-order valence-corrected chi connectivity index (χ2v) is 9.26. The first kappa shape index (κ1) is 22.0. The first-order valence-electron chi connectivity index (χ1n) is 9.56. The van der Waals surface area contributed by atoms with Crippen molar-refractivity contribution in [3.8, 4) is 0 Å². The number of piperidine rings is 1. The summed E-state index contributed by atoms with van der Waals surface area (Å²) in [6, 6.07) is 6.71. The van der Waals surface area contributed by atoms with Crippen molar-refractivity contribution >= 4 is 33.4 Å². The zero-order valence-corrected chi connectivity index (χ0v) is 17.8. The minimum atomic E-state index is -0.0292. The molecule has 0 saturated carbocycles. The second kappa shape index (κ2) is 12.3. The van der Waals surface area contributed by atoms with Crippen LogP contribution in [0.4, 0.5) is 0 Å². The largest absolute Gasteiger partial charge is 0.355 e. The Balaban J connectivity index is 1.50. The number of rotatable bonds is 10. The summed E-state index contributed by atoms with van der Waals surface area (Å²) < 4.78 is 0. The normalized spacial score (nSPS) is 20.2. The maximum Gasteiger partial charge on any atom is 0.234 e. The van der Waals surface area contributed by atoms with E-state index in [0.29, 0.717) is 38.1 Å². The van der Waals surface area contributed by atoms with Crippen molar-refractivity contribution in [3.63, 3.8) is 0 Å². The van der Waals surface area contributed by atoms with Gasteiger partial charge in [-0.25, -0.2) is 4.98 Å². The van der Waals surface area contributed by atoms with E-state index in [1.165, 1.54) is 6.42 Å². The first-order chi connectivity index (χ1) is 13.1. The van der Waals surface area contributed by atoms with Crippen LogP contribution in [-0.2, 0) is 9.59 Å². The highest BCUT2D eigenvalue weighted by Gasteiger charge is 2.26. The van der Waals surface area contributed by atoms with E-state index >= 15 is 0 Å². The van der Waals surface area contributed by atoms with Crippen LogP contribution >= 0.6 is 21.6 Å². The van der Waals surface area contributed by atoms with Gasteiger partial charge >= 0.3 is 0 Å². The van der Waals surface area contributed by atoms with Crippen LogP contribution < -0.4 is 10.6 Å². The van der Waals surface area contributed by atoms with Gasteiger partial charge in [-0.15, -0.1) is 0 Å². The van der Waals surface area contributed by atoms with Gasteiger partial charge in [0.25, 0.3) is 0 Å². The molecule has 1 aromatic heterocycles. The van der Waals surface area contributed by atoms with Gasteiger partial charge < -0.3 is 10.6 Å². The standard InChI is InChI=1S/C19H30N4O2S2/c1-15-6-5-7-16(2)23(15)14-18(25)20-11-9-17(24)21-12-13-26-27-19-8-3-4-10-22-19/h3-4,8,10,15-16H,5-7,9,11-14H2,1-2H3,(H,20,25)(H,21,24)/t15-,16+/i1+1,2+1,14+1,18+1,20+1. The van der Waals surface area contributed by atoms with Gasteiger partial charge in [-0.05, 0) is 49.6 Å². The maximum absolute atomic E-state index is 12.1. The Morgan fingerprint density at radius 3 is 2.59 bits per heavy atom. The monoisotopic (exact) mass is 415 g/mol. The molecule has 0 aliphatic carbocycles. The van der Waals surface area contributed by atoms with Crippen LogP contribution in [0.2, 0.25) is 0 Å². The summed E-state index contributed by atoms with van der Waals surface area (Å²) in [5.41, 5.74) is 0. The van der Waals surface area contributed by atoms with Gasteiger partial charge in [0, 0.05) is 43.5 Å². The number of hydrogen-bond acceptors (Lipinski definition) is 6. The molecule has 2 heterocycles. The molecule has 2 atom stereocenters. The fourth-order valence-electron chi connectivity index (χ4n) is 3.14. The third-order valence-electron chi connectivity index (χ3n) is 4.67. The van der Waals surface area contributed by atoms with Crippen molar-refractivity contribution in [2.45, 2.75) is 56.6 Å². The van der Waals surface area contributed by atoms with E-state index in [4.69, 9.17) is 0 Å². The van der Waals surface area contributed by atoms with Crippen molar-refractivity contribution in [2.24, 2.45) is 0 Å². The number of aromatic nitrogens is 1. The van der Waals surface area contributed by atoms with Crippen molar-refractivity contribution in [1.29, 1.82) is 0 Å². The summed E-state index contributed by atoms with van der Waals surface area (Å²) in [4.78, 5) is 30.5. The van der Waals surface area contributed by atoms with Crippen molar-refractivity contribution in [3.05, 3.63) is 24.4 Å². The zero-order valence-electron chi connectivity index (χ0n) is 16.1. The summed E-state index contributed by atoms with van der Waals surface area (Å²) in [7, 11) is 3.26. The molecule has 1 aromatic rings. The molecule has 6 nitrogen and oxygen atoms in total. The van der Waals surface area contributed by atoms with Gasteiger partial charge in [-0.2, -0.15) is 0 Å². The molecule has 1 aliphatic rings. The van der Waals surface area contributed by atoms with E-state index in [-0.39, 0.29) is 11.8 Å². The molecule has 0 aromatic carbocycles. The number of amides is 2. The highest BCUT2D eigenvalue weighted by atomic mass is 33.1. The number of likely N-dealkylation sites (tertiary alicyclic amines) is 1. The Hall–Kier alpha value is -1.25. The average Bonchev–Trinajstić information content (AvgIpc) is 2.65. The third-order valence-corrected chi connectivity index (χ3v) is 6.93. The molecule has 1 fully saturated rings. The fraction of sp³-hybridized carbons (Fsp3) is 0.632. The van der Waals surface area contributed by atoms with E-state index in [0.717, 1.165) is 23.6 Å². The predicted molar refractivity (Wildman–Crippen MR) is 113 cm³/mol. The quantitative estimate of drug-likeness (QED) is 0.265. The van der Waals surface area contributed by atoms with Crippen molar-refractivity contribution < 1.29 is 9.59 Å². The summed E-state index contributed by atoms with van der Waals surface area (Å²) in [5, 5.41) is 6.72. The van der Waals surface area contributed by atoms with Crippen LogP contribution in [-0.4, -0.2) is 59.2 Å². The summed E-state index contributed by atoms with van der Waals surface area (Å²) >= 11 is 0. The van der Waals surface area contributed by atoms with E-state index in [1.54, 1.807) is 27.8 Å². The van der Waals surface area contributed by atoms with E-state index in [9.17, 15) is 9.59 Å². The molecular formula is C19H30N4O2S2. The minimum absolute atomic E-state index is 0.00529. The van der Waals surface area contributed by atoms with Crippen LogP contribution in [0, 0.1) is 0 Å². The van der Waals surface area contributed by atoms with Crippen LogP contribution in [0.15, 0.2) is 29.4 Å². The Labute approximate surface area is 170 Å². The smallest absolute Gasteiger partial charge is 0.234 e. The highest BCUT2D eigenvalue weighted by molar-refractivity contribution is 8.76.